The van der Waals surface area contributed by atoms with Crippen LogP contribution in [0.5, 0.6) is 5.75 Å². The molecule has 0 aliphatic carbocycles. The number of carbonyl (C=O) groups excluding carboxylic acids is 2. The highest BCUT2D eigenvalue weighted by Crippen LogP contribution is 2.13. The highest BCUT2D eigenvalue weighted by Gasteiger charge is 2.24. The van der Waals surface area contributed by atoms with E-state index in [-0.39, 0.29) is 30.0 Å². The number of nitrogens with one attached hydrogen (secondary N) is 2. The summed E-state index contributed by atoms with van der Waals surface area (Å²) in [5.74, 6) is -0.0628. The molecule has 2 aromatic carbocycles. The fraction of sp³-hybridized carbons (Fsp3) is 0.391. The van der Waals surface area contributed by atoms with Gasteiger partial charge in [0, 0.05) is 18.4 Å². The summed E-state index contributed by atoms with van der Waals surface area (Å²) in [6, 6.07) is 13.1. The SMILES string of the molecule is CCOc1ccc(C(=O)NC(C(=O)NCc2ccc(CS(C)(=O)=O)cc2)C(C)C)cc1. The number of ether oxygens (including phenoxy) is 1. The van der Waals surface area contributed by atoms with Gasteiger partial charge in [0.25, 0.3) is 5.91 Å². The van der Waals surface area contributed by atoms with Gasteiger partial charge in [-0.15, -0.1) is 0 Å². The van der Waals surface area contributed by atoms with Crippen molar-refractivity contribution in [3.8, 4) is 5.75 Å². The zero-order valence-electron chi connectivity index (χ0n) is 18.3. The first-order valence-corrected chi connectivity index (χ1v) is 12.2. The number of carbonyl (C=O) groups is 2. The number of hydrogen-bond acceptors (Lipinski definition) is 5. The Labute approximate surface area is 184 Å². The Morgan fingerprint density at radius 3 is 2.06 bits per heavy atom. The van der Waals surface area contributed by atoms with Crippen LogP contribution < -0.4 is 15.4 Å². The van der Waals surface area contributed by atoms with E-state index < -0.39 is 15.9 Å². The largest absolute Gasteiger partial charge is 0.494 e. The third-order valence-corrected chi connectivity index (χ3v) is 5.44. The van der Waals surface area contributed by atoms with Gasteiger partial charge in [-0.3, -0.25) is 9.59 Å². The van der Waals surface area contributed by atoms with Crippen LogP contribution in [0.15, 0.2) is 48.5 Å². The molecule has 168 valence electrons. The maximum Gasteiger partial charge on any atom is 0.251 e. The Kier molecular flexibility index (Phi) is 8.62. The van der Waals surface area contributed by atoms with Crippen molar-refractivity contribution in [1.29, 1.82) is 0 Å². The minimum Gasteiger partial charge on any atom is -0.494 e. The fourth-order valence-corrected chi connectivity index (χ4v) is 3.78. The van der Waals surface area contributed by atoms with Crippen molar-refractivity contribution in [2.75, 3.05) is 12.9 Å². The quantitative estimate of drug-likeness (QED) is 0.584. The molecule has 0 radical (unpaired) electrons. The molecule has 0 saturated heterocycles. The summed E-state index contributed by atoms with van der Waals surface area (Å²) in [4.78, 5) is 25.3. The molecule has 0 aromatic heterocycles. The van der Waals surface area contributed by atoms with Gasteiger partial charge in [0.1, 0.15) is 11.8 Å². The van der Waals surface area contributed by atoms with Crippen molar-refractivity contribution in [3.63, 3.8) is 0 Å². The van der Waals surface area contributed by atoms with Crippen LogP contribution in [-0.2, 0) is 26.9 Å². The second-order valence-electron chi connectivity index (χ2n) is 7.76. The van der Waals surface area contributed by atoms with Gasteiger partial charge in [0.05, 0.1) is 12.4 Å². The minimum absolute atomic E-state index is 0.0212. The van der Waals surface area contributed by atoms with Gasteiger partial charge < -0.3 is 15.4 Å². The molecule has 1 atom stereocenters. The summed E-state index contributed by atoms with van der Waals surface area (Å²) >= 11 is 0. The molecular weight excluding hydrogens is 416 g/mol. The number of hydrogen-bond donors (Lipinski definition) is 2. The molecule has 0 aliphatic rings. The molecule has 0 fully saturated rings. The van der Waals surface area contributed by atoms with Crippen LogP contribution >= 0.6 is 0 Å². The molecule has 2 rings (SSSR count). The summed E-state index contributed by atoms with van der Waals surface area (Å²) in [6.07, 6.45) is 1.19. The first kappa shape index (κ1) is 24.4. The van der Waals surface area contributed by atoms with Crippen LogP contribution in [0.1, 0.15) is 42.3 Å². The van der Waals surface area contributed by atoms with Gasteiger partial charge in [-0.2, -0.15) is 0 Å². The lowest BCUT2D eigenvalue weighted by atomic mass is 10.0. The van der Waals surface area contributed by atoms with Crippen molar-refractivity contribution >= 4 is 21.7 Å². The third kappa shape index (κ3) is 8.05. The van der Waals surface area contributed by atoms with Gasteiger partial charge in [-0.25, -0.2) is 8.42 Å². The molecule has 7 nitrogen and oxygen atoms in total. The van der Waals surface area contributed by atoms with Crippen LogP contribution in [0.25, 0.3) is 0 Å². The molecule has 0 heterocycles. The Morgan fingerprint density at radius 1 is 0.968 bits per heavy atom. The van der Waals surface area contributed by atoms with E-state index in [1.165, 1.54) is 6.26 Å². The van der Waals surface area contributed by atoms with E-state index in [1.807, 2.05) is 20.8 Å². The monoisotopic (exact) mass is 446 g/mol. The summed E-state index contributed by atoms with van der Waals surface area (Å²) in [7, 11) is -3.09. The number of benzene rings is 2. The Bertz CT molecular complexity index is 984. The molecule has 0 aliphatic heterocycles. The molecule has 2 aromatic rings. The lowest BCUT2D eigenvalue weighted by Crippen LogP contribution is -2.49. The fourth-order valence-electron chi connectivity index (χ4n) is 2.98. The Balaban J connectivity index is 1.96. The van der Waals surface area contributed by atoms with E-state index >= 15 is 0 Å². The summed E-state index contributed by atoms with van der Waals surface area (Å²) in [5.41, 5.74) is 1.98. The standard InChI is InChI=1S/C23H30N2O5S/c1-5-30-20-12-10-19(11-13-20)22(26)25-21(16(2)3)23(27)24-14-17-6-8-18(9-7-17)15-31(4,28)29/h6-13,16,21H,5,14-15H2,1-4H3,(H,24,27)(H,25,26). The lowest BCUT2D eigenvalue weighted by molar-refractivity contribution is -0.124. The molecule has 2 amide bonds. The minimum atomic E-state index is -3.09. The van der Waals surface area contributed by atoms with Gasteiger partial charge in [-0.1, -0.05) is 38.1 Å². The Morgan fingerprint density at radius 2 is 1.55 bits per heavy atom. The topological polar surface area (TPSA) is 102 Å². The average Bonchev–Trinajstić information content (AvgIpc) is 2.70. The van der Waals surface area contributed by atoms with Crippen molar-refractivity contribution in [2.24, 2.45) is 5.92 Å². The summed E-state index contributed by atoms with van der Waals surface area (Å²) in [6.45, 7) is 6.43. The van der Waals surface area contributed by atoms with Crippen molar-refractivity contribution < 1.29 is 22.7 Å². The molecule has 1 unspecified atom stereocenters. The maximum absolute atomic E-state index is 12.7. The highest BCUT2D eigenvalue weighted by molar-refractivity contribution is 7.89. The van der Waals surface area contributed by atoms with E-state index in [0.717, 1.165) is 5.56 Å². The first-order chi connectivity index (χ1) is 14.6. The van der Waals surface area contributed by atoms with Crippen LogP contribution in [0.3, 0.4) is 0 Å². The van der Waals surface area contributed by atoms with E-state index in [4.69, 9.17) is 4.74 Å². The van der Waals surface area contributed by atoms with Gasteiger partial charge in [-0.05, 0) is 48.2 Å². The summed E-state index contributed by atoms with van der Waals surface area (Å²) < 4.78 is 28.1. The average molecular weight is 447 g/mol. The molecule has 0 saturated carbocycles. The molecule has 0 bridgehead atoms. The zero-order valence-corrected chi connectivity index (χ0v) is 19.2. The van der Waals surface area contributed by atoms with E-state index in [0.29, 0.717) is 23.5 Å². The van der Waals surface area contributed by atoms with Gasteiger partial charge in [0.2, 0.25) is 5.91 Å². The molecular formula is C23H30N2O5S. The first-order valence-electron chi connectivity index (χ1n) is 10.2. The number of sulfone groups is 1. The van der Waals surface area contributed by atoms with E-state index in [1.54, 1.807) is 48.5 Å². The van der Waals surface area contributed by atoms with Crippen LogP contribution in [0.4, 0.5) is 0 Å². The third-order valence-electron chi connectivity index (χ3n) is 4.58. The zero-order chi connectivity index (χ0) is 23.0. The van der Waals surface area contributed by atoms with Crippen molar-refractivity contribution in [3.05, 3.63) is 65.2 Å². The molecule has 8 heteroatoms. The number of amides is 2. The highest BCUT2D eigenvalue weighted by atomic mass is 32.2. The predicted octanol–water partition coefficient (Wildman–Crippen LogP) is 2.70. The van der Waals surface area contributed by atoms with E-state index in [2.05, 4.69) is 10.6 Å². The van der Waals surface area contributed by atoms with Crippen molar-refractivity contribution in [1.82, 2.24) is 10.6 Å². The number of rotatable bonds is 10. The predicted molar refractivity (Wildman–Crippen MR) is 121 cm³/mol. The maximum atomic E-state index is 12.7. The Hall–Kier alpha value is -2.87. The normalized spacial score (nSPS) is 12.3. The smallest absolute Gasteiger partial charge is 0.251 e. The summed E-state index contributed by atoms with van der Waals surface area (Å²) in [5, 5.41) is 5.64. The van der Waals surface area contributed by atoms with Gasteiger partial charge in [0.15, 0.2) is 9.84 Å². The van der Waals surface area contributed by atoms with Crippen LogP contribution in [0.2, 0.25) is 0 Å². The van der Waals surface area contributed by atoms with Crippen LogP contribution in [0, 0.1) is 5.92 Å². The second kappa shape index (κ2) is 10.9. The van der Waals surface area contributed by atoms with E-state index in [9.17, 15) is 18.0 Å². The lowest BCUT2D eigenvalue weighted by Gasteiger charge is -2.22. The molecule has 2 N–H and O–H groups in total. The van der Waals surface area contributed by atoms with Crippen molar-refractivity contribution in [2.45, 2.75) is 39.1 Å². The van der Waals surface area contributed by atoms with Crippen LogP contribution in [-0.4, -0.2) is 39.1 Å². The van der Waals surface area contributed by atoms with Gasteiger partial charge >= 0.3 is 0 Å². The molecule has 0 spiro atoms. The molecule has 31 heavy (non-hydrogen) atoms. The second-order valence-corrected chi connectivity index (χ2v) is 9.90.